The third-order valence-electron chi connectivity index (χ3n) is 5.12. The first-order valence-corrected chi connectivity index (χ1v) is 9.20. The zero-order valence-corrected chi connectivity index (χ0v) is 15.0. The molecular weight excluding hydrogens is 358 g/mol. The Bertz CT molecular complexity index is 1110. The molecule has 1 aromatic carbocycles. The van der Waals surface area contributed by atoms with Gasteiger partial charge in [-0.05, 0) is 37.1 Å². The summed E-state index contributed by atoms with van der Waals surface area (Å²) in [6.07, 6.45) is 5.23. The number of fused-ring (bicyclic) bond motifs is 1. The maximum Gasteiger partial charge on any atom is 0.346 e. The van der Waals surface area contributed by atoms with Crippen molar-refractivity contribution in [3.05, 3.63) is 70.4 Å². The van der Waals surface area contributed by atoms with E-state index in [-0.39, 0.29) is 36.6 Å². The highest BCUT2D eigenvalue weighted by Gasteiger charge is 2.35. The fraction of sp³-hybridized carbons (Fsp3) is 0.250. The first kappa shape index (κ1) is 16.6. The van der Waals surface area contributed by atoms with Crippen LogP contribution in [-0.2, 0) is 6.54 Å². The number of pyridine rings is 1. The largest absolute Gasteiger partial charge is 0.346 e. The molecule has 5 rings (SSSR count). The average Bonchev–Trinajstić information content (AvgIpc) is 3.47. The Hall–Kier alpha value is -3.55. The maximum absolute atomic E-state index is 12.9. The molecule has 1 fully saturated rings. The van der Waals surface area contributed by atoms with E-state index in [1.807, 2.05) is 6.07 Å². The lowest BCUT2D eigenvalue weighted by Crippen LogP contribution is -2.35. The van der Waals surface area contributed by atoms with E-state index in [0.717, 1.165) is 18.4 Å². The van der Waals surface area contributed by atoms with Crippen LogP contribution in [0, 0.1) is 0 Å². The summed E-state index contributed by atoms with van der Waals surface area (Å²) in [4.78, 5) is 43.2. The molecule has 0 radical (unpaired) electrons. The van der Waals surface area contributed by atoms with E-state index in [0.29, 0.717) is 17.0 Å². The molecule has 2 aromatic heterocycles. The van der Waals surface area contributed by atoms with Gasteiger partial charge in [0.25, 0.3) is 11.8 Å². The van der Waals surface area contributed by atoms with Gasteiger partial charge in [0.1, 0.15) is 0 Å². The minimum atomic E-state index is -0.331. The quantitative estimate of drug-likeness (QED) is 0.634. The summed E-state index contributed by atoms with van der Waals surface area (Å²) in [5.74, 6) is -0.0894. The molecule has 1 aliphatic carbocycles. The molecule has 3 aromatic rings. The number of carbonyl (C=O) groups excluding carboxylic acids is 2. The van der Waals surface area contributed by atoms with Gasteiger partial charge in [-0.25, -0.2) is 9.48 Å². The Kier molecular flexibility index (Phi) is 3.71. The molecule has 2 aliphatic rings. The van der Waals surface area contributed by atoms with Gasteiger partial charge in [0.2, 0.25) is 0 Å². The number of aromatic nitrogens is 4. The Morgan fingerprint density at radius 2 is 1.64 bits per heavy atom. The molecule has 0 atom stereocenters. The topological polar surface area (TPSA) is 90.1 Å². The van der Waals surface area contributed by atoms with E-state index in [4.69, 9.17) is 0 Å². The van der Waals surface area contributed by atoms with Gasteiger partial charge in [-0.15, -0.1) is 5.10 Å². The molecule has 0 bridgehead atoms. The Balaban J connectivity index is 1.43. The minimum absolute atomic E-state index is 0.0976. The number of rotatable bonds is 5. The van der Waals surface area contributed by atoms with Crippen molar-refractivity contribution in [3.63, 3.8) is 0 Å². The van der Waals surface area contributed by atoms with Crippen molar-refractivity contribution in [3.8, 4) is 11.4 Å². The molecule has 1 aliphatic heterocycles. The van der Waals surface area contributed by atoms with Gasteiger partial charge in [0.05, 0.1) is 17.7 Å². The van der Waals surface area contributed by atoms with E-state index in [2.05, 4.69) is 10.1 Å². The van der Waals surface area contributed by atoms with E-state index in [1.165, 1.54) is 9.58 Å². The summed E-state index contributed by atoms with van der Waals surface area (Å²) in [5, 5.41) is 4.48. The molecule has 3 heterocycles. The summed E-state index contributed by atoms with van der Waals surface area (Å²) in [5.41, 5.74) is 1.35. The molecule has 1 saturated carbocycles. The highest BCUT2D eigenvalue weighted by Crippen LogP contribution is 2.36. The van der Waals surface area contributed by atoms with Crippen LogP contribution in [0.15, 0.2) is 53.6 Å². The molecular formula is C20H17N5O3. The van der Waals surface area contributed by atoms with Crippen molar-refractivity contribution in [2.45, 2.75) is 25.4 Å². The molecule has 0 saturated heterocycles. The zero-order chi connectivity index (χ0) is 19.3. The van der Waals surface area contributed by atoms with Crippen molar-refractivity contribution < 1.29 is 9.59 Å². The van der Waals surface area contributed by atoms with Gasteiger partial charge in [-0.2, -0.15) is 0 Å². The standard InChI is InChI=1S/C20H17N5O3/c26-18-15-5-1-2-6-16(15)19(27)23(18)10-11-24-20(28)25(14-7-8-14)17(22-24)13-4-3-9-21-12-13/h1-6,9,12,14H,7-8,10-11H2. The number of amides is 2. The van der Waals surface area contributed by atoms with Crippen molar-refractivity contribution in [1.29, 1.82) is 0 Å². The van der Waals surface area contributed by atoms with Crippen LogP contribution in [0.5, 0.6) is 0 Å². The van der Waals surface area contributed by atoms with Crippen LogP contribution in [-0.4, -0.2) is 42.6 Å². The maximum atomic E-state index is 12.9. The summed E-state index contributed by atoms with van der Waals surface area (Å²) >= 11 is 0. The van der Waals surface area contributed by atoms with Gasteiger partial charge in [0.15, 0.2) is 5.82 Å². The summed E-state index contributed by atoms with van der Waals surface area (Å²) in [6.45, 7) is 0.248. The molecule has 28 heavy (non-hydrogen) atoms. The lowest BCUT2D eigenvalue weighted by atomic mass is 10.1. The molecule has 8 heteroatoms. The SMILES string of the molecule is O=C1c2ccccc2C(=O)N1CCn1nc(-c2cccnc2)n(C2CC2)c1=O. The number of carbonyl (C=O) groups is 2. The number of hydrogen-bond acceptors (Lipinski definition) is 5. The zero-order valence-electron chi connectivity index (χ0n) is 15.0. The third kappa shape index (κ3) is 2.57. The Morgan fingerprint density at radius 3 is 2.25 bits per heavy atom. The lowest BCUT2D eigenvalue weighted by molar-refractivity contribution is 0.0647. The fourth-order valence-corrected chi connectivity index (χ4v) is 3.56. The molecule has 2 amide bonds. The second kappa shape index (κ2) is 6.26. The number of imide groups is 1. The van der Waals surface area contributed by atoms with Gasteiger partial charge in [-0.1, -0.05) is 12.1 Å². The summed E-state index contributed by atoms with van der Waals surface area (Å²) < 4.78 is 3.03. The highest BCUT2D eigenvalue weighted by molar-refractivity contribution is 6.21. The van der Waals surface area contributed by atoms with Crippen LogP contribution < -0.4 is 5.69 Å². The third-order valence-corrected chi connectivity index (χ3v) is 5.12. The van der Waals surface area contributed by atoms with Crippen LogP contribution >= 0.6 is 0 Å². The lowest BCUT2D eigenvalue weighted by Gasteiger charge is -2.12. The van der Waals surface area contributed by atoms with E-state index in [1.54, 1.807) is 47.3 Å². The number of benzene rings is 1. The first-order valence-electron chi connectivity index (χ1n) is 9.20. The van der Waals surface area contributed by atoms with Crippen molar-refractivity contribution >= 4 is 11.8 Å². The molecule has 0 unspecified atom stereocenters. The number of nitrogens with zero attached hydrogens (tertiary/aromatic N) is 5. The predicted molar refractivity (Wildman–Crippen MR) is 99.8 cm³/mol. The van der Waals surface area contributed by atoms with Crippen LogP contribution in [0.2, 0.25) is 0 Å². The minimum Gasteiger partial charge on any atom is -0.272 e. The van der Waals surface area contributed by atoms with Crippen molar-refractivity contribution in [2.75, 3.05) is 6.54 Å². The summed E-state index contributed by atoms with van der Waals surface area (Å²) in [6, 6.07) is 10.6. The molecule has 0 spiro atoms. The second-order valence-electron chi connectivity index (χ2n) is 6.98. The van der Waals surface area contributed by atoms with Gasteiger partial charge in [0, 0.05) is 30.5 Å². The van der Waals surface area contributed by atoms with Crippen molar-refractivity contribution in [1.82, 2.24) is 24.2 Å². The predicted octanol–water partition coefficient (Wildman–Crippen LogP) is 1.74. The molecule has 0 N–H and O–H groups in total. The molecule has 8 nitrogen and oxygen atoms in total. The monoisotopic (exact) mass is 375 g/mol. The fourth-order valence-electron chi connectivity index (χ4n) is 3.56. The van der Waals surface area contributed by atoms with E-state index >= 15 is 0 Å². The van der Waals surface area contributed by atoms with Crippen LogP contribution in [0.25, 0.3) is 11.4 Å². The Labute approximate surface area is 160 Å². The Morgan fingerprint density at radius 1 is 0.929 bits per heavy atom. The van der Waals surface area contributed by atoms with Crippen LogP contribution in [0.3, 0.4) is 0 Å². The highest BCUT2D eigenvalue weighted by atomic mass is 16.2. The molecule has 140 valence electrons. The summed E-state index contributed by atoms with van der Waals surface area (Å²) in [7, 11) is 0. The van der Waals surface area contributed by atoms with E-state index < -0.39 is 0 Å². The normalized spacial score (nSPS) is 15.9. The van der Waals surface area contributed by atoms with Crippen LogP contribution in [0.4, 0.5) is 0 Å². The average molecular weight is 375 g/mol. The van der Waals surface area contributed by atoms with Gasteiger partial charge in [-0.3, -0.25) is 24.0 Å². The van der Waals surface area contributed by atoms with Gasteiger partial charge >= 0.3 is 5.69 Å². The smallest absolute Gasteiger partial charge is 0.272 e. The number of hydrogen-bond donors (Lipinski definition) is 0. The van der Waals surface area contributed by atoms with E-state index in [9.17, 15) is 14.4 Å². The first-order chi connectivity index (χ1) is 13.6. The second-order valence-corrected chi connectivity index (χ2v) is 6.98. The van der Waals surface area contributed by atoms with Gasteiger partial charge < -0.3 is 0 Å². The van der Waals surface area contributed by atoms with Crippen LogP contribution in [0.1, 0.15) is 39.6 Å². The van der Waals surface area contributed by atoms with Crippen molar-refractivity contribution in [2.24, 2.45) is 0 Å².